The van der Waals surface area contributed by atoms with E-state index in [1.54, 1.807) is 0 Å². The summed E-state index contributed by atoms with van der Waals surface area (Å²) in [5.74, 6) is 1.11. The monoisotopic (exact) mass is 367 g/mol. The molecule has 0 saturated carbocycles. The minimum absolute atomic E-state index is 0.116. The van der Waals surface area contributed by atoms with Gasteiger partial charge >= 0.3 is 5.17 Å². The van der Waals surface area contributed by atoms with Crippen LogP contribution in [-0.4, -0.2) is 33.7 Å². The number of nitrogens with zero attached hydrogens (tertiary/aromatic N) is 2. The zero-order valence-corrected chi connectivity index (χ0v) is 16.6. The summed E-state index contributed by atoms with van der Waals surface area (Å²) < 4.78 is 2.19. The van der Waals surface area contributed by atoms with E-state index in [0.717, 1.165) is 30.0 Å². The molecule has 0 fully saturated rings. The Hall–Kier alpha value is -1.78. The van der Waals surface area contributed by atoms with Crippen LogP contribution in [0.2, 0.25) is 0 Å². The molecule has 0 saturated heterocycles. The molecule has 1 unspecified atom stereocenters. The summed E-state index contributed by atoms with van der Waals surface area (Å²) >= 11 is 1.85. The average molecular weight is 368 g/mol. The Morgan fingerprint density at radius 3 is 2.38 bits per heavy atom. The van der Waals surface area contributed by atoms with Gasteiger partial charge in [-0.1, -0.05) is 63.2 Å². The molecule has 0 aromatic heterocycles. The second-order valence-corrected chi connectivity index (χ2v) is 9.26. The van der Waals surface area contributed by atoms with Gasteiger partial charge in [0.25, 0.3) is 5.72 Å². The second-order valence-electron chi connectivity index (χ2n) is 8.20. The van der Waals surface area contributed by atoms with Gasteiger partial charge in [0.2, 0.25) is 0 Å². The third kappa shape index (κ3) is 2.95. The number of amidine groups is 1. The predicted octanol–water partition coefficient (Wildman–Crippen LogP) is 4.15. The van der Waals surface area contributed by atoms with E-state index in [4.69, 9.17) is 0 Å². The molecule has 3 nitrogen and oxygen atoms in total. The third-order valence-corrected chi connectivity index (χ3v) is 6.52. The first-order valence-corrected chi connectivity index (χ1v) is 10.3. The number of hydrogen-bond donors (Lipinski definition) is 1. The van der Waals surface area contributed by atoms with Gasteiger partial charge in [0, 0.05) is 11.3 Å². The summed E-state index contributed by atoms with van der Waals surface area (Å²) in [7, 11) is 0. The number of anilines is 1. The molecule has 1 N–H and O–H groups in total. The highest BCUT2D eigenvalue weighted by molar-refractivity contribution is 8.13. The molecule has 136 valence electrons. The number of rotatable bonds is 2. The van der Waals surface area contributed by atoms with Gasteiger partial charge in [-0.2, -0.15) is 0 Å². The van der Waals surface area contributed by atoms with Gasteiger partial charge in [0.05, 0.1) is 6.54 Å². The summed E-state index contributed by atoms with van der Waals surface area (Å²) in [4.78, 5) is 2.27. The van der Waals surface area contributed by atoms with Crippen molar-refractivity contribution in [2.24, 2.45) is 0 Å². The molecular weight excluding hydrogens is 340 g/mol. The predicted molar refractivity (Wildman–Crippen MR) is 110 cm³/mol. The van der Waals surface area contributed by atoms with E-state index in [9.17, 15) is 5.11 Å². The van der Waals surface area contributed by atoms with Crippen LogP contribution < -0.4 is 4.90 Å². The highest BCUT2D eigenvalue weighted by Gasteiger charge is 2.53. The van der Waals surface area contributed by atoms with E-state index < -0.39 is 5.72 Å². The van der Waals surface area contributed by atoms with Gasteiger partial charge in [-0.15, -0.1) is 0 Å². The zero-order valence-electron chi connectivity index (χ0n) is 15.8. The Labute approximate surface area is 160 Å². The van der Waals surface area contributed by atoms with Crippen LogP contribution in [0.4, 0.5) is 5.69 Å². The van der Waals surface area contributed by atoms with Crippen LogP contribution in [0, 0.1) is 0 Å². The van der Waals surface area contributed by atoms with Gasteiger partial charge in [0.15, 0.2) is 6.54 Å². The zero-order chi connectivity index (χ0) is 18.4. The van der Waals surface area contributed by atoms with Crippen molar-refractivity contribution in [1.82, 2.24) is 0 Å². The molecule has 0 radical (unpaired) electrons. The maximum Gasteiger partial charge on any atom is 0.316 e. The lowest BCUT2D eigenvalue weighted by Crippen LogP contribution is -2.41. The van der Waals surface area contributed by atoms with E-state index in [1.807, 2.05) is 17.8 Å². The van der Waals surface area contributed by atoms with E-state index in [0.29, 0.717) is 6.54 Å². The average Bonchev–Trinajstić information content (AvgIpc) is 2.97. The number of hydrogen-bond acceptors (Lipinski definition) is 3. The molecule has 2 aromatic carbocycles. The Morgan fingerprint density at radius 2 is 1.73 bits per heavy atom. The number of benzene rings is 2. The van der Waals surface area contributed by atoms with Crippen molar-refractivity contribution in [2.45, 2.75) is 38.3 Å². The summed E-state index contributed by atoms with van der Waals surface area (Å²) in [6, 6.07) is 18.9. The molecule has 2 aliphatic heterocycles. The topological polar surface area (TPSA) is 26.5 Å². The van der Waals surface area contributed by atoms with Crippen molar-refractivity contribution in [3.05, 3.63) is 65.7 Å². The highest BCUT2D eigenvalue weighted by atomic mass is 32.2. The Morgan fingerprint density at radius 1 is 1.04 bits per heavy atom. The maximum atomic E-state index is 11.7. The van der Waals surface area contributed by atoms with E-state index in [2.05, 4.69) is 78.8 Å². The van der Waals surface area contributed by atoms with Crippen LogP contribution >= 0.6 is 11.8 Å². The largest absolute Gasteiger partial charge is 0.346 e. The molecule has 4 rings (SSSR count). The minimum atomic E-state index is -0.977. The van der Waals surface area contributed by atoms with Crippen LogP contribution in [0.3, 0.4) is 0 Å². The first kappa shape index (κ1) is 17.6. The standard InChI is InChI=1S/C22H27N2OS/c1-21(2,3)17-10-12-18(13-11-17)22(25)16-23(19-8-5-4-6-9-19)20-24(22)14-7-15-26-20/h4-6,8-13,25H,7,14-16H2,1-3H3/q+1. The molecule has 0 aliphatic carbocycles. The molecule has 26 heavy (non-hydrogen) atoms. The third-order valence-electron chi connectivity index (χ3n) is 5.33. The van der Waals surface area contributed by atoms with Crippen molar-refractivity contribution in [1.29, 1.82) is 0 Å². The molecule has 2 aromatic rings. The van der Waals surface area contributed by atoms with Crippen molar-refractivity contribution in [3.8, 4) is 0 Å². The minimum Gasteiger partial charge on any atom is -0.346 e. The fraction of sp³-hybridized carbons (Fsp3) is 0.409. The lowest BCUT2D eigenvalue weighted by atomic mass is 9.86. The van der Waals surface area contributed by atoms with Gasteiger partial charge < -0.3 is 5.11 Å². The number of β-amino-alcohol motifs (C(OH)–C–C–N with tert-alkyl or cyclic N) is 1. The fourth-order valence-electron chi connectivity index (χ4n) is 3.79. The van der Waals surface area contributed by atoms with E-state index in [-0.39, 0.29) is 5.41 Å². The lowest BCUT2D eigenvalue weighted by molar-refractivity contribution is -0.656. The Kier molecular flexibility index (Phi) is 4.36. The molecule has 0 amide bonds. The molecule has 2 heterocycles. The van der Waals surface area contributed by atoms with E-state index in [1.165, 1.54) is 10.7 Å². The lowest BCUT2D eigenvalue weighted by Gasteiger charge is -2.26. The molecule has 0 bridgehead atoms. The number of thioether (sulfide) groups is 1. The molecule has 1 atom stereocenters. The maximum absolute atomic E-state index is 11.7. The molecular formula is C22H27N2OS+. The van der Waals surface area contributed by atoms with Crippen LogP contribution in [-0.2, 0) is 11.1 Å². The quantitative estimate of drug-likeness (QED) is 0.808. The van der Waals surface area contributed by atoms with Gasteiger partial charge in [-0.05, 0) is 41.3 Å². The summed E-state index contributed by atoms with van der Waals surface area (Å²) in [6.45, 7) is 8.11. The normalized spacial score (nSPS) is 23.3. The molecule has 2 aliphatic rings. The second kappa shape index (κ2) is 6.43. The Bertz CT molecular complexity index is 823. The molecule has 4 heteroatoms. The summed E-state index contributed by atoms with van der Waals surface area (Å²) in [5, 5.41) is 12.9. The highest BCUT2D eigenvalue weighted by Crippen LogP contribution is 2.38. The molecule has 0 spiro atoms. The van der Waals surface area contributed by atoms with Crippen molar-refractivity contribution < 1.29 is 9.68 Å². The Balaban J connectivity index is 1.75. The van der Waals surface area contributed by atoms with Crippen LogP contribution in [0.1, 0.15) is 38.3 Å². The smallest absolute Gasteiger partial charge is 0.316 e. The SMILES string of the molecule is CC(C)(C)c1ccc(C2(O)CN(c3ccccc3)C3=[N+]2CCCS3)cc1. The fourth-order valence-corrected chi connectivity index (χ4v) is 4.97. The van der Waals surface area contributed by atoms with Crippen LogP contribution in [0.25, 0.3) is 0 Å². The van der Waals surface area contributed by atoms with Crippen molar-refractivity contribution in [3.63, 3.8) is 0 Å². The first-order chi connectivity index (χ1) is 12.4. The van der Waals surface area contributed by atoms with Crippen LogP contribution in [0.5, 0.6) is 0 Å². The van der Waals surface area contributed by atoms with Gasteiger partial charge in [-0.25, -0.2) is 9.48 Å². The number of para-hydroxylation sites is 1. The van der Waals surface area contributed by atoms with Crippen molar-refractivity contribution >= 4 is 22.6 Å². The number of aliphatic hydroxyl groups is 1. The summed E-state index contributed by atoms with van der Waals surface area (Å²) in [6.07, 6.45) is 1.10. The first-order valence-electron chi connectivity index (χ1n) is 9.33. The van der Waals surface area contributed by atoms with Crippen LogP contribution in [0.15, 0.2) is 54.6 Å². The van der Waals surface area contributed by atoms with E-state index >= 15 is 0 Å². The summed E-state index contributed by atoms with van der Waals surface area (Å²) in [5.41, 5.74) is 2.55. The van der Waals surface area contributed by atoms with Gasteiger partial charge in [-0.3, -0.25) is 0 Å². The van der Waals surface area contributed by atoms with Gasteiger partial charge in [0.1, 0.15) is 5.69 Å². The van der Waals surface area contributed by atoms with Crippen molar-refractivity contribution in [2.75, 3.05) is 23.7 Å².